The average Bonchev–Trinajstić information content (AvgIpc) is 2.24. The molecule has 0 saturated heterocycles. The molecule has 0 fully saturated rings. The first-order valence-electron chi connectivity index (χ1n) is 5.46. The van der Waals surface area contributed by atoms with E-state index in [1.165, 1.54) is 6.26 Å². The van der Waals surface area contributed by atoms with Crippen molar-refractivity contribution in [2.75, 3.05) is 18.6 Å². The third-order valence-corrected chi connectivity index (χ3v) is 4.19. The molecule has 0 heterocycles. The SMILES string of the molecule is CS(=O)(=O)CCCC(CO)c1ccc(Br)cc1. The van der Waals surface area contributed by atoms with Crippen LogP contribution in [0.2, 0.25) is 0 Å². The zero-order valence-electron chi connectivity index (χ0n) is 9.77. The Morgan fingerprint density at radius 1 is 1.29 bits per heavy atom. The molecule has 0 saturated carbocycles. The minimum Gasteiger partial charge on any atom is -0.396 e. The van der Waals surface area contributed by atoms with Gasteiger partial charge in [0, 0.05) is 29.0 Å². The number of hydrogen-bond donors (Lipinski definition) is 1. The van der Waals surface area contributed by atoms with Crippen molar-refractivity contribution in [3.05, 3.63) is 34.3 Å². The second kappa shape index (κ2) is 6.52. The van der Waals surface area contributed by atoms with E-state index in [1.807, 2.05) is 24.3 Å². The normalized spacial score (nSPS) is 13.6. The van der Waals surface area contributed by atoms with E-state index < -0.39 is 9.84 Å². The molecule has 3 nitrogen and oxygen atoms in total. The maximum atomic E-state index is 11.0. The van der Waals surface area contributed by atoms with Gasteiger partial charge >= 0.3 is 0 Å². The third kappa shape index (κ3) is 5.66. The van der Waals surface area contributed by atoms with Gasteiger partial charge in [-0.05, 0) is 30.5 Å². The molecule has 5 heteroatoms. The number of aliphatic hydroxyl groups is 1. The summed E-state index contributed by atoms with van der Waals surface area (Å²) in [6.45, 7) is 0.0470. The summed E-state index contributed by atoms with van der Waals surface area (Å²) in [5, 5.41) is 9.32. The summed E-state index contributed by atoms with van der Waals surface area (Å²) in [7, 11) is -2.91. The molecular formula is C12H17BrO3S. The molecule has 1 unspecified atom stereocenters. The van der Waals surface area contributed by atoms with E-state index in [0.29, 0.717) is 12.8 Å². The summed E-state index contributed by atoms with van der Waals surface area (Å²) in [5.74, 6) is 0.199. The van der Waals surface area contributed by atoms with E-state index in [9.17, 15) is 13.5 Å². The van der Waals surface area contributed by atoms with E-state index >= 15 is 0 Å². The average molecular weight is 321 g/mol. The number of hydrogen-bond acceptors (Lipinski definition) is 3. The van der Waals surface area contributed by atoms with Crippen molar-refractivity contribution in [1.82, 2.24) is 0 Å². The van der Waals surface area contributed by atoms with Gasteiger partial charge in [-0.1, -0.05) is 28.1 Å². The van der Waals surface area contributed by atoms with Crippen molar-refractivity contribution in [2.45, 2.75) is 18.8 Å². The maximum absolute atomic E-state index is 11.0. The summed E-state index contributed by atoms with van der Waals surface area (Å²) < 4.78 is 23.0. The fourth-order valence-electron chi connectivity index (χ4n) is 1.69. The molecule has 0 aliphatic carbocycles. The van der Waals surface area contributed by atoms with Gasteiger partial charge in [-0.25, -0.2) is 8.42 Å². The molecule has 17 heavy (non-hydrogen) atoms. The first-order chi connectivity index (χ1) is 7.92. The molecule has 1 N–H and O–H groups in total. The van der Waals surface area contributed by atoms with Crippen LogP contribution in [-0.4, -0.2) is 32.1 Å². The van der Waals surface area contributed by atoms with E-state index in [1.54, 1.807) is 0 Å². The fourth-order valence-corrected chi connectivity index (χ4v) is 2.65. The Kier molecular flexibility index (Phi) is 5.62. The predicted octanol–water partition coefficient (Wildman–Crippen LogP) is 2.35. The number of benzene rings is 1. The lowest BCUT2D eigenvalue weighted by molar-refractivity contribution is 0.258. The third-order valence-electron chi connectivity index (χ3n) is 2.63. The van der Waals surface area contributed by atoms with E-state index in [4.69, 9.17) is 0 Å². The highest BCUT2D eigenvalue weighted by molar-refractivity contribution is 9.10. The number of aliphatic hydroxyl groups excluding tert-OH is 1. The molecule has 0 spiro atoms. The van der Waals surface area contributed by atoms with Crippen LogP contribution in [0.3, 0.4) is 0 Å². The monoisotopic (exact) mass is 320 g/mol. The van der Waals surface area contributed by atoms with Crippen LogP contribution in [0.15, 0.2) is 28.7 Å². The zero-order chi connectivity index (χ0) is 12.9. The molecule has 0 aliphatic heterocycles. The minimum atomic E-state index is -2.91. The Bertz CT molecular complexity index is 439. The highest BCUT2D eigenvalue weighted by Crippen LogP contribution is 2.22. The van der Waals surface area contributed by atoms with Crippen molar-refractivity contribution in [2.24, 2.45) is 0 Å². The van der Waals surface area contributed by atoms with Crippen LogP contribution >= 0.6 is 15.9 Å². The zero-order valence-corrected chi connectivity index (χ0v) is 12.2. The second-order valence-electron chi connectivity index (χ2n) is 4.20. The van der Waals surface area contributed by atoms with Crippen molar-refractivity contribution in [3.8, 4) is 0 Å². The molecule has 0 aromatic heterocycles. The highest BCUT2D eigenvalue weighted by Gasteiger charge is 2.11. The van der Waals surface area contributed by atoms with Gasteiger partial charge in [0.15, 0.2) is 0 Å². The molecule has 96 valence electrons. The minimum absolute atomic E-state index is 0.0184. The molecule has 0 bridgehead atoms. The molecule has 0 amide bonds. The van der Waals surface area contributed by atoms with E-state index in [2.05, 4.69) is 15.9 Å². The quantitative estimate of drug-likeness (QED) is 0.875. The van der Waals surface area contributed by atoms with Crippen LogP contribution in [0.25, 0.3) is 0 Å². The smallest absolute Gasteiger partial charge is 0.147 e. The topological polar surface area (TPSA) is 54.4 Å². The van der Waals surface area contributed by atoms with E-state index in [0.717, 1.165) is 10.0 Å². The Morgan fingerprint density at radius 3 is 2.35 bits per heavy atom. The maximum Gasteiger partial charge on any atom is 0.147 e. The van der Waals surface area contributed by atoms with Gasteiger partial charge in [0.1, 0.15) is 9.84 Å². The van der Waals surface area contributed by atoms with E-state index in [-0.39, 0.29) is 18.3 Å². The Hall–Kier alpha value is -0.390. The first-order valence-corrected chi connectivity index (χ1v) is 8.32. The molecule has 1 aromatic rings. The summed E-state index contributed by atoms with van der Waals surface area (Å²) in [6, 6.07) is 7.75. The van der Waals surface area contributed by atoms with Crippen molar-refractivity contribution in [1.29, 1.82) is 0 Å². The highest BCUT2D eigenvalue weighted by atomic mass is 79.9. The van der Waals surface area contributed by atoms with Crippen molar-refractivity contribution in [3.63, 3.8) is 0 Å². The van der Waals surface area contributed by atoms with Crippen LogP contribution in [0.5, 0.6) is 0 Å². The Morgan fingerprint density at radius 2 is 1.88 bits per heavy atom. The molecule has 0 aliphatic rings. The van der Waals surface area contributed by atoms with Crippen LogP contribution in [0.4, 0.5) is 0 Å². The number of sulfone groups is 1. The second-order valence-corrected chi connectivity index (χ2v) is 7.38. The largest absolute Gasteiger partial charge is 0.396 e. The Balaban J connectivity index is 2.57. The molecular weight excluding hydrogens is 304 g/mol. The molecule has 1 atom stereocenters. The van der Waals surface area contributed by atoms with Gasteiger partial charge < -0.3 is 5.11 Å². The molecule has 1 aromatic carbocycles. The van der Waals surface area contributed by atoms with Gasteiger partial charge in [-0.2, -0.15) is 0 Å². The fraction of sp³-hybridized carbons (Fsp3) is 0.500. The lowest BCUT2D eigenvalue weighted by Gasteiger charge is -2.14. The lowest BCUT2D eigenvalue weighted by Crippen LogP contribution is -2.08. The number of halogens is 1. The summed E-state index contributed by atoms with van der Waals surface area (Å²) >= 11 is 3.35. The van der Waals surface area contributed by atoms with Crippen LogP contribution in [0.1, 0.15) is 24.3 Å². The summed E-state index contributed by atoms with van der Waals surface area (Å²) in [5.41, 5.74) is 1.05. The van der Waals surface area contributed by atoms with Crippen LogP contribution < -0.4 is 0 Å². The lowest BCUT2D eigenvalue weighted by atomic mass is 9.95. The van der Waals surface area contributed by atoms with Crippen LogP contribution in [0, 0.1) is 0 Å². The van der Waals surface area contributed by atoms with Gasteiger partial charge in [0.2, 0.25) is 0 Å². The number of rotatable bonds is 6. The van der Waals surface area contributed by atoms with Gasteiger partial charge in [0.25, 0.3) is 0 Å². The van der Waals surface area contributed by atoms with Gasteiger partial charge in [-0.15, -0.1) is 0 Å². The van der Waals surface area contributed by atoms with Crippen molar-refractivity contribution < 1.29 is 13.5 Å². The van der Waals surface area contributed by atoms with Gasteiger partial charge in [0.05, 0.1) is 0 Å². The predicted molar refractivity (Wildman–Crippen MR) is 72.9 cm³/mol. The standard InChI is InChI=1S/C12H17BrO3S/c1-17(15,16)8-2-3-11(9-14)10-4-6-12(13)7-5-10/h4-7,11,14H,2-3,8-9H2,1H3. The van der Waals surface area contributed by atoms with Crippen LogP contribution in [-0.2, 0) is 9.84 Å². The Labute approximate surface area is 111 Å². The summed E-state index contributed by atoms with van der Waals surface area (Å²) in [6.07, 6.45) is 2.51. The first kappa shape index (κ1) is 14.7. The molecule has 1 rings (SSSR count). The van der Waals surface area contributed by atoms with Gasteiger partial charge in [-0.3, -0.25) is 0 Å². The molecule has 0 radical (unpaired) electrons. The summed E-state index contributed by atoms with van der Waals surface area (Å²) in [4.78, 5) is 0. The van der Waals surface area contributed by atoms with Crippen molar-refractivity contribution >= 4 is 25.8 Å².